The SMILES string of the molecule is COc1cccc(OCCNCC2(F)CCN(C=O)CC2)n1. The molecule has 0 spiro atoms. The Hall–Kier alpha value is -1.89. The Labute approximate surface area is 129 Å². The highest BCUT2D eigenvalue weighted by molar-refractivity contribution is 5.47. The lowest BCUT2D eigenvalue weighted by molar-refractivity contribution is -0.120. The molecule has 0 radical (unpaired) electrons. The van der Waals surface area contributed by atoms with Gasteiger partial charge in [0.25, 0.3) is 0 Å². The van der Waals surface area contributed by atoms with Crippen LogP contribution in [-0.4, -0.2) is 61.9 Å². The molecule has 122 valence electrons. The number of carbonyl (C=O) groups is 1. The van der Waals surface area contributed by atoms with E-state index < -0.39 is 5.67 Å². The number of halogens is 1. The second kappa shape index (κ2) is 7.93. The molecule has 1 aromatic rings. The molecular formula is C15H22FN3O3. The third kappa shape index (κ3) is 4.84. The molecule has 0 atom stereocenters. The van der Waals surface area contributed by atoms with Gasteiger partial charge in [-0.2, -0.15) is 4.98 Å². The molecule has 0 aliphatic carbocycles. The standard InChI is InChI=1S/C15H22FN3O3/c1-21-13-3-2-4-14(18-13)22-10-7-17-11-15(16)5-8-19(12-20)9-6-15/h2-4,12,17H,5-11H2,1H3. The van der Waals surface area contributed by atoms with E-state index in [1.54, 1.807) is 30.2 Å². The molecule has 1 aliphatic heterocycles. The van der Waals surface area contributed by atoms with Gasteiger partial charge in [0.1, 0.15) is 12.3 Å². The number of rotatable bonds is 8. The van der Waals surface area contributed by atoms with Crippen LogP contribution in [0.25, 0.3) is 0 Å². The van der Waals surface area contributed by atoms with E-state index in [1.807, 2.05) is 0 Å². The normalized spacial score (nSPS) is 17.1. The smallest absolute Gasteiger partial charge is 0.216 e. The van der Waals surface area contributed by atoms with Gasteiger partial charge >= 0.3 is 0 Å². The highest BCUT2D eigenvalue weighted by atomic mass is 19.1. The number of amides is 1. The predicted octanol–water partition coefficient (Wildman–Crippen LogP) is 1.02. The Morgan fingerprint density at radius 1 is 1.41 bits per heavy atom. The number of nitrogens with one attached hydrogen (secondary N) is 1. The lowest BCUT2D eigenvalue weighted by Crippen LogP contribution is -2.47. The first-order valence-corrected chi connectivity index (χ1v) is 7.38. The van der Waals surface area contributed by atoms with Crippen molar-refractivity contribution in [2.24, 2.45) is 0 Å². The van der Waals surface area contributed by atoms with Crippen LogP contribution in [0.5, 0.6) is 11.8 Å². The average molecular weight is 311 g/mol. The minimum Gasteiger partial charge on any atom is -0.481 e. The van der Waals surface area contributed by atoms with Crippen molar-refractivity contribution in [2.75, 3.05) is 39.9 Å². The van der Waals surface area contributed by atoms with E-state index in [9.17, 15) is 9.18 Å². The first-order valence-electron chi connectivity index (χ1n) is 7.38. The minimum absolute atomic E-state index is 0.272. The van der Waals surface area contributed by atoms with Crippen LogP contribution in [-0.2, 0) is 4.79 Å². The molecule has 1 fully saturated rings. The van der Waals surface area contributed by atoms with Crippen LogP contribution in [0.15, 0.2) is 18.2 Å². The van der Waals surface area contributed by atoms with Crippen molar-refractivity contribution in [3.05, 3.63) is 18.2 Å². The van der Waals surface area contributed by atoms with Crippen LogP contribution in [0.1, 0.15) is 12.8 Å². The van der Waals surface area contributed by atoms with Gasteiger partial charge in [-0.3, -0.25) is 4.79 Å². The molecule has 7 heteroatoms. The molecule has 0 aromatic carbocycles. The van der Waals surface area contributed by atoms with Gasteiger partial charge in [0.15, 0.2) is 0 Å². The van der Waals surface area contributed by atoms with Gasteiger partial charge < -0.3 is 19.7 Å². The molecule has 0 bridgehead atoms. The first-order chi connectivity index (χ1) is 10.6. The lowest BCUT2D eigenvalue weighted by Gasteiger charge is -2.34. The molecule has 1 aromatic heterocycles. The number of methoxy groups -OCH3 is 1. The van der Waals surface area contributed by atoms with Crippen molar-refractivity contribution in [2.45, 2.75) is 18.5 Å². The highest BCUT2D eigenvalue weighted by Gasteiger charge is 2.33. The van der Waals surface area contributed by atoms with E-state index in [0.29, 0.717) is 50.8 Å². The zero-order valence-corrected chi connectivity index (χ0v) is 12.8. The second-order valence-corrected chi connectivity index (χ2v) is 5.34. The number of aromatic nitrogens is 1. The monoisotopic (exact) mass is 311 g/mol. The molecule has 1 saturated heterocycles. The number of hydrogen-bond donors (Lipinski definition) is 1. The summed E-state index contributed by atoms with van der Waals surface area (Å²) in [5.74, 6) is 0.977. The van der Waals surface area contributed by atoms with Gasteiger partial charge in [0.2, 0.25) is 18.2 Å². The van der Waals surface area contributed by atoms with Gasteiger partial charge in [-0.1, -0.05) is 6.07 Å². The number of carbonyl (C=O) groups excluding carboxylic acids is 1. The molecular weight excluding hydrogens is 289 g/mol. The third-order valence-corrected chi connectivity index (χ3v) is 3.72. The zero-order chi connectivity index (χ0) is 15.8. The van der Waals surface area contributed by atoms with E-state index in [2.05, 4.69) is 10.3 Å². The van der Waals surface area contributed by atoms with Crippen LogP contribution >= 0.6 is 0 Å². The number of ether oxygens (including phenoxy) is 2. The van der Waals surface area contributed by atoms with Crippen LogP contribution in [0.2, 0.25) is 0 Å². The first kappa shape index (κ1) is 16.5. The van der Waals surface area contributed by atoms with Crippen LogP contribution in [0, 0.1) is 0 Å². The molecule has 2 rings (SSSR count). The Balaban J connectivity index is 1.63. The van der Waals surface area contributed by atoms with Crippen LogP contribution in [0.3, 0.4) is 0 Å². The summed E-state index contributed by atoms with van der Waals surface area (Å²) in [6.45, 7) is 2.16. The van der Waals surface area contributed by atoms with Crippen molar-refractivity contribution in [1.82, 2.24) is 15.2 Å². The van der Waals surface area contributed by atoms with Gasteiger partial charge in [-0.05, 0) is 0 Å². The Morgan fingerprint density at radius 2 is 2.14 bits per heavy atom. The second-order valence-electron chi connectivity index (χ2n) is 5.34. The summed E-state index contributed by atoms with van der Waals surface area (Å²) in [5.41, 5.74) is -1.24. The summed E-state index contributed by atoms with van der Waals surface area (Å²) in [5, 5.41) is 3.06. The summed E-state index contributed by atoms with van der Waals surface area (Å²) < 4.78 is 24.9. The topological polar surface area (TPSA) is 63.7 Å². The Bertz CT molecular complexity index is 479. The fraction of sp³-hybridized carbons (Fsp3) is 0.600. The maximum atomic E-state index is 14.5. The number of nitrogens with zero attached hydrogens (tertiary/aromatic N) is 2. The molecule has 1 aliphatic rings. The third-order valence-electron chi connectivity index (χ3n) is 3.72. The van der Waals surface area contributed by atoms with E-state index >= 15 is 0 Å². The summed E-state index contributed by atoms with van der Waals surface area (Å²) in [6.07, 6.45) is 1.52. The molecule has 2 heterocycles. The van der Waals surface area contributed by atoms with E-state index in [1.165, 1.54) is 0 Å². The number of pyridine rings is 1. The zero-order valence-electron chi connectivity index (χ0n) is 12.8. The maximum Gasteiger partial charge on any atom is 0.216 e. The molecule has 1 amide bonds. The maximum absolute atomic E-state index is 14.5. The molecule has 0 saturated carbocycles. The largest absolute Gasteiger partial charge is 0.481 e. The van der Waals surface area contributed by atoms with Gasteiger partial charge in [-0.25, -0.2) is 4.39 Å². The minimum atomic E-state index is -1.24. The van der Waals surface area contributed by atoms with Crippen molar-refractivity contribution >= 4 is 6.41 Å². The number of alkyl halides is 1. The molecule has 0 unspecified atom stereocenters. The van der Waals surface area contributed by atoms with Crippen molar-refractivity contribution in [1.29, 1.82) is 0 Å². The average Bonchev–Trinajstić information content (AvgIpc) is 2.55. The summed E-state index contributed by atoms with van der Waals surface area (Å²) >= 11 is 0. The van der Waals surface area contributed by atoms with E-state index in [4.69, 9.17) is 9.47 Å². The lowest BCUT2D eigenvalue weighted by atomic mass is 9.93. The Kier molecular flexibility index (Phi) is 5.94. The summed E-state index contributed by atoms with van der Waals surface area (Å²) in [4.78, 5) is 16.3. The summed E-state index contributed by atoms with van der Waals surface area (Å²) in [7, 11) is 1.55. The van der Waals surface area contributed by atoms with Crippen LogP contribution in [0.4, 0.5) is 4.39 Å². The van der Waals surface area contributed by atoms with Crippen molar-refractivity contribution in [3.8, 4) is 11.8 Å². The van der Waals surface area contributed by atoms with Crippen molar-refractivity contribution in [3.63, 3.8) is 0 Å². The predicted molar refractivity (Wildman–Crippen MR) is 79.9 cm³/mol. The quantitative estimate of drug-likeness (QED) is 0.574. The van der Waals surface area contributed by atoms with E-state index in [0.717, 1.165) is 6.41 Å². The van der Waals surface area contributed by atoms with Gasteiger partial charge in [0.05, 0.1) is 7.11 Å². The summed E-state index contributed by atoms with van der Waals surface area (Å²) in [6, 6.07) is 5.28. The number of likely N-dealkylation sites (tertiary alicyclic amines) is 1. The van der Waals surface area contributed by atoms with Gasteiger partial charge in [0, 0.05) is 51.2 Å². The number of hydrogen-bond acceptors (Lipinski definition) is 5. The van der Waals surface area contributed by atoms with Gasteiger partial charge in [-0.15, -0.1) is 0 Å². The Morgan fingerprint density at radius 3 is 2.82 bits per heavy atom. The molecule has 1 N–H and O–H groups in total. The fourth-order valence-electron chi connectivity index (χ4n) is 2.34. The van der Waals surface area contributed by atoms with E-state index in [-0.39, 0.29) is 6.54 Å². The molecule has 6 nitrogen and oxygen atoms in total. The number of piperidine rings is 1. The fourth-order valence-corrected chi connectivity index (χ4v) is 2.34. The van der Waals surface area contributed by atoms with Crippen molar-refractivity contribution < 1.29 is 18.7 Å². The van der Waals surface area contributed by atoms with Crippen LogP contribution < -0.4 is 14.8 Å². The molecule has 22 heavy (non-hydrogen) atoms. The highest BCUT2D eigenvalue weighted by Crippen LogP contribution is 2.25.